The number of nitrogens with zero attached hydrogens (tertiary/aromatic N) is 2. The van der Waals surface area contributed by atoms with Gasteiger partial charge in [0.15, 0.2) is 0 Å². The molecule has 1 heterocycles. The molecule has 3 aromatic rings. The van der Waals surface area contributed by atoms with Gasteiger partial charge in [-0.2, -0.15) is 5.26 Å². The van der Waals surface area contributed by atoms with E-state index in [4.69, 9.17) is 10.5 Å². The van der Waals surface area contributed by atoms with Crippen LogP contribution in [0, 0.1) is 11.3 Å². The second-order valence-electron chi connectivity index (χ2n) is 6.58. The molecule has 1 aromatic heterocycles. The number of aromatic nitrogens is 1. The minimum absolute atomic E-state index is 0.252. The van der Waals surface area contributed by atoms with Gasteiger partial charge in [0.2, 0.25) is 11.8 Å². The molecule has 3 N–H and O–H groups in total. The fraction of sp³-hybridized carbons (Fsp3) is 0.130. The van der Waals surface area contributed by atoms with Gasteiger partial charge in [0, 0.05) is 16.8 Å². The number of ether oxygens (including phenoxy) is 1. The zero-order valence-electron chi connectivity index (χ0n) is 17.0. The average molecular weight is 433 g/mol. The lowest BCUT2D eigenvalue weighted by atomic mass is 10.1. The van der Waals surface area contributed by atoms with Gasteiger partial charge in [0.25, 0.3) is 0 Å². The number of anilines is 1. The molecule has 0 aliphatic heterocycles. The number of nitrogens with one attached hydrogen (secondary N) is 1. The molecule has 7 nitrogen and oxygen atoms in total. The van der Waals surface area contributed by atoms with Crippen LogP contribution in [0.2, 0.25) is 0 Å². The number of amides is 2. The molecule has 1 atom stereocenters. The van der Waals surface area contributed by atoms with Crippen molar-refractivity contribution < 1.29 is 14.3 Å². The van der Waals surface area contributed by atoms with Gasteiger partial charge in [-0.3, -0.25) is 9.59 Å². The fourth-order valence-electron chi connectivity index (χ4n) is 2.72. The van der Waals surface area contributed by atoms with Crippen molar-refractivity contribution in [2.75, 3.05) is 12.4 Å². The summed E-state index contributed by atoms with van der Waals surface area (Å²) in [6, 6.07) is 19.3. The Bertz CT molecular complexity index is 1140. The average Bonchev–Trinajstić information content (AvgIpc) is 2.79. The van der Waals surface area contributed by atoms with E-state index < -0.39 is 11.2 Å². The summed E-state index contributed by atoms with van der Waals surface area (Å²) in [5, 5.41) is 12.2. The van der Waals surface area contributed by atoms with Crippen LogP contribution in [0.5, 0.6) is 5.75 Å². The van der Waals surface area contributed by atoms with E-state index in [1.807, 2.05) is 24.3 Å². The number of hydrogen-bond acceptors (Lipinski definition) is 6. The summed E-state index contributed by atoms with van der Waals surface area (Å²) < 4.78 is 5.18. The van der Waals surface area contributed by atoms with Gasteiger partial charge >= 0.3 is 0 Å². The summed E-state index contributed by atoms with van der Waals surface area (Å²) in [7, 11) is 1.60. The van der Waals surface area contributed by atoms with Crippen LogP contribution in [-0.2, 0) is 4.79 Å². The summed E-state index contributed by atoms with van der Waals surface area (Å²) in [6.45, 7) is 1.74. The topological polar surface area (TPSA) is 118 Å². The maximum absolute atomic E-state index is 12.6. The Hall–Kier alpha value is -3.83. The van der Waals surface area contributed by atoms with Crippen molar-refractivity contribution in [2.24, 2.45) is 5.73 Å². The third-order valence-corrected chi connectivity index (χ3v) is 5.56. The Morgan fingerprint density at radius 2 is 1.77 bits per heavy atom. The third kappa shape index (κ3) is 5.41. The molecule has 3 rings (SSSR count). The number of carbonyl (C=O) groups excluding carboxylic acids is 2. The van der Waals surface area contributed by atoms with Gasteiger partial charge in [-0.05, 0) is 67.6 Å². The number of nitriles is 1. The molecule has 1 unspecified atom stereocenters. The lowest BCUT2D eigenvalue weighted by molar-refractivity contribution is -0.115. The molecule has 0 saturated heterocycles. The van der Waals surface area contributed by atoms with Crippen molar-refractivity contribution in [1.29, 1.82) is 5.26 Å². The van der Waals surface area contributed by atoms with E-state index in [0.29, 0.717) is 27.5 Å². The lowest BCUT2D eigenvalue weighted by Crippen LogP contribution is -2.22. The zero-order valence-corrected chi connectivity index (χ0v) is 17.8. The maximum Gasteiger partial charge on any atom is 0.248 e. The number of methoxy groups -OCH3 is 1. The maximum atomic E-state index is 12.6. The minimum Gasteiger partial charge on any atom is -0.497 e. The molecule has 0 aliphatic carbocycles. The molecule has 2 amide bonds. The van der Waals surface area contributed by atoms with Gasteiger partial charge < -0.3 is 15.8 Å². The molecule has 156 valence electrons. The number of nitrogens with two attached hydrogens (primary N) is 1. The van der Waals surface area contributed by atoms with Gasteiger partial charge in [0.05, 0.1) is 23.6 Å². The highest BCUT2D eigenvalue weighted by Crippen LogP contribution is 2.29. The van der Waals surface area contributed by atoms with E-state index in [9.17, 15) is 14.9 Å². The molecule has 0 bridgehead atoms. The normalized spacial score (nSPS) is 11.3. The summed E-state index contributed by atoms with van der Waals surface area (Å²) in [6.07, 6.45) is 0. The van der Waals surface area contributed by atoms with E-state index in [2.05, 4.69) is 16.4 Å². The molecular weight excluding hydrogens is 412 g/mol. The summed E-state index contributed by atoms with van der Waals surface area (Å²) in [5.41, 5.74) is 8.09. The van der Waals surface area contributed by atoms with Crippen molar-refractivity contribution in [1.82, 2.24) is 4.98 Å². The smallest absolute Gasteiger partial charge is 0.248 e. The van der Waals surface area contributed by atoms with Crippen LogP contribution in [0.1, 0.15) is 22.8 Å². The molecule has 0 radical (unpaired) electrons. The van der Waals surface area contributed by atoms with Gasteiger partial charge in [-0.1, -0.05) is 11.8 Å². The Labute approximate surface area is 184 Å². The standard InChI is InChI=1S/C23H20N4O3S/c1-14(22(29)26-18-8-3-16(4-9-18)21(25)28)31-23-17(13-24)7-12-20(27-23)15-5-10-19(30-2)11-6-15/h3-12,14H,1-2H3,(H2,25,28)(H,26,29). The van der Waals surface area contributed by atoms with Crippen LogP contribution < -0.4 is 15.8 Å². The largest absolute Gasteiger partial charge is 0.497 e. The summed E-state index contributed by atoms with van der Waals surface area (Å²) >= 11 is 1.20. The Morgan fingerprint density at radius 3 is 2.35 bits per heavy atom. The summed E-state index contributed by atoms with van der Waals surface area (Å²) in [5.74, 6) is -0.0489. The highest BCUT2D eigenvalue weighted by Gasteiger charge is 2.18. The first-order chi connectivity index (χ1) is 14.9. The molecule has 0 aliphatic rings. The van der Waals surface area contributed by atoms with Crippen molar-refractivity contribution >= 4 is 29.3 Å². The highest BCUT2D eigenvalue weighted by molar-refractivity contribution is 8.00. The number of primary amides is 1. The monoisotopic (exact) mass is 432 g/mol. The molecule has 0 fully saturated rings. The van der Waals surface area contributed by atoms with E-state index in [1.165, 1.54) is 11.8 Å². The SMILES string of the molecule is COc1ccc(-c2ccc(C#N)c(SC(C)C(=O)Nc3ccc(C(N)=O)cc3)n2)cc1. The van der Waals surface area contributed by atoms with Crippen LogP contribution in [0.4, 0.5) is 5.69 Å². The Morgan fingerprint density at radius 1 is 1.10 bits per heavy atom. The van der Waals surface area contributed by atoms with Crippen LogP contribution in [0.15, 0.2) is 65.7 Å². The lowest BCUT2D eigenvalue weighted by Gasteiger charge is -2.13. The van der Waals surface area contributed by atoms with Crippen molar-refractivity contribution in [3.63, 3.8) is 0 Å². The quantitative estimate of drug-likeness (QED) is 0.548. The number of pyridine rings is 1. The first-order valence-corrected chi connectivity index (χ1v) is 10.2. The second-order valence-corrected chi connectivity index (χ2v) is 7.91. The fourth-order valence-corrected chi connectivity index (χ4v) is 3.61. The predicted molar refractivity (Wildman–Crippen MR) is 120 cm³/mol. The van der Waals surface area contributed by atoms with Crippen molar-refractivity contribution in [2.45, 2.75) is 17.2 Å². The van der Waals surface area contributed by atoms with E-state index in [-0.39, 0.29) is 5.91 Å². The minimum atomic E-state index is -0.534. The second kappa shape index (κ2) is 9.78. The van der Waals surface area contributed by atoms with Crippen molar-refractivity contribution in [3.8, 4) is 23.1 Å². The molecule has 8 heteroatoms. The first kappa shape index (κ1) is 21.9. The number of benzene rings is 2. The summed E-state index contributed by atoms with van der Waals surface area (Å²) in [4.78, 5) is 28.4. The molecular formula is C23H20N4O3S. The zero-order chi connectivity index (χ0) is 22.4. The first-order valence-electron chi connectivity index (χ1n) is 9.34. The van der Waals surface area contributed by atoms with Crippen LogP contribution in [0.25, 0.3) is 11.3 Å². The predicted octanol–water partition coefficient (Wildman–Crippen LogP) is 3.85. The van der Waals surface area contributed by atoms with Crippen LogP contribution >= 0.6 is 11.8 Å². The van der Waals surface area contributed by atoms with Gasteiger partial charge in [0.1, 0.15) is 16.8 Å². The van der Waals surface area contributed by atoms with Crippen LogP contribution in [0.3, 0.4) is 0 Å². The van der Waals surface area contributed by atoms with E-state index in [1.54, 1.807) is 50.4 Å². The molecule has 2 aromatic carbocycles. The molecule has 31 heavy (non-hydrogen) atoms. The third-order valence-electron chi connectivity index (χ3n) is 4.46. The Kier molecular flexibility index (Phi) is 6.90. The van der Waals surface area contributed by atoms with Crippen molar-refractivity contribution in [3.05, 3.63) is 71.8 Å². The number of carbonyl (C=O) groups is 2. The number of thioether (sulfide) groups is 1. The molecule has 0 spiro atoms. The van der Waals surface area contributed by atoms with E-state index >= 15 is 0 Å². The highest BCUT2D eigenvalue weighted by atomic mass is 32.2. The van der Waals surface area contributed by atoms with E-state index in [0.717, 1.165) is 11.3 Å². The number of hydrogen-bond donors (Lipinski definition) is 2. The van der Waals surface area contributed by atoms with Gasteiger partial charge in [-0.15, -0.1) is 0 Å². The van der Waals surface area contributed by atoms with Crippen LogP contribution in [-0.4, -0.2) is 29.2 Å². The Balaban J connectivity index is 1.75. The molecule has 0 saturated carbocycles. The number of rotatable bonds is 7. The van der Waals surface area contributed by atoms with Gasteiger partial charge in [-0.25, -0.2) is 4.98 Å².